The predicted molar refractivity (Wildman–Crippen MR) is 128 cm³/mol. The Morgan fingerprint density at radius 1 is 0.943 bits per heavy atom. The Balaban J connectivity index is 1.40. The van der Waals surface area contributed by atoms with E-state index in [9.17, 15) is 18.0 Å². The van der Waals surface area contributed by atoms with Crippen LogP contribution < -0.4 is 15.0 Å². The van der Waals surface area contributed by atoms with Crippen molar-refractivity contribution in [2.75, 3.05) is 43.5 Å². The van der Waals surface area contributed by atoms with E-state index in [0.29, 0.717) is 31.9 Å². The molecule has 2 fully saturated rings. The number of ether oxygens (including phenoxy) is 3. The lowest BCUT2D eigenvalue weighted by atomic mass is 10.2. The van der Waals surface area contributed by atoms with Crippen LogP contribution in [0.1, 0.15) is 13.8 Å². The minimum Gasteiger partial charge on any atom is -0.495 e. The van der Waals surface area contributed by atoms with E-state index in [4.69, 9.17) is 14.2 Å². The summed E-state index contributed by atoms with van der Waals surface area (Å²) in [5.41, 5.74) is 1.14. The van der Waals surface area contributed by atoms with Gasteiger partial charge in [-0.25, -0.2) is 18.0 Å². The lowest BCUT2D eigenvalue weighted by molar-refractivity contribution is -0.222. The Morgan fingerprint density at radius 3 is 2.14 bits per heavy atom. The van der Waals surface area contributed by atoms with Crippen LogP contribution in [0.25, 0.3) is 0 Å². The van der Waals surface area contributed by atoms with Gasteiger partial charge in [0, 0.05) is 51.9 Å². The van der Waals surface area contributed by atoms with E-state index in [-0.39, 0.29) is 10.5 Å². The highest BCUT2D eigenvalue weighted by Gasteiger charge is 2.39. The highest BCUT2D eigenvalue weighted by Crippen LogP contribution is 2.29. The van der Waals surface area contributed by atoms with Gasteiger partial charge in [-0.2, -0.15) is 4.31 Å². The molecule has 2 aliphatic heterocycles. The summed E-state index contributed by atoms with van der Waals surface area (Å²) in [5.74, 6) is -2.17. The highest BCUT2D eigenvalue weighted by molar-refractivity contribution is 7.89. The van der Waals surface area contributed by atoms with E-state index in [0.717, 1.165) is 11.4 Å². The number of hydrogen-bond acceptors (Lipinski definition) is 9. The van der Waals surface area contributed by atoms with Crippen LogP contribution in [0.3, 0.4) is 0 Å². The van der Waals surface area contributed by atoms with Crippen molar-refractivity contribution in [3.63, 3.8) is 0 Å². The average molecular weight is 502 g/mol. The van der Waals surface area contributed by atoms with E-state index < -0.39 is 27.7 Å². The Morgan fingerprint density at radius 2 is 1.54 bits per heavy atom. The monoisotopic (exact) mass is 501 g/mol. The normalized spacial score (nSPS) is 18.5. The molecule has 0 spiro atoms. The second kappa shape index (κ2) is 9.59. The lowest BCUT2D eigenvalue weighted by Crippen LogP contribution is -2.48. The highest BCUT2D eigenvalue weighted by atomic mass is 32.2. The number of carbonyl (C=O) groups excluding carboxylic acids is 2. The van der Waals surface area contributed by atoms with Gasteiger partial charge in [-0.15, -0.1) is 0 Å². The van der Waals surface area contributed by atoms with E-state index in [1.165, 1.54) is 36.5 Å². The molecule has 2 aromatic carbocycles. The molecule has 4 rings (SSSR count). The quantitative estimate of drug-likeness (QED) is 0.362. The Hall–Kier alpha value is -3.57. The van der Waals surface area contributed by atoms with Crippen molar-refractivity contribution in [3.05, 3.63) is 60.3 Å². The summed E-state index contributed by atoms with van der Waals surface area (Å²) < 4.78 is 43.2. The smallest absolute Gasteiger partial charge is 0.350 e. The number of anilines is 2. The molecule has 2 heterocycles. The predicted octanol–water partition coefficient (Wildman–Crippen LogP) is 2.34. The maximum absolute atomic E-state index is 13.1. The number of piperazine rings is 1. The minimum atomic E-state index is -3.68. The Labute approximate surface area is 204 Å². The van der Waals surface area contributed by atoms with Crippen molar-refractivity contribution in [2.45, 2.75) is 24.5 Å². The third-order valence-electron chi connectivity index (χ3n) is 5.66. The molecule has 186 valence electrons. The second-order valence-corrected chi connectivity index (χ2v) is 10.4. The van der Waals surface area contributed by atoms with Gasteiger partial charge < -0.3 is 24.4 Å². The molecule has 2 saturated heterocycles. The first-order chi connectivity index (χ1) is 16.6. The van der Waals surface area contributed by atoms with Gasteiger partial charge in [0.2, 0.25) is 10.0 Å². The molecule has 0 saturated carbocycles. The molecular formula is C24H27N3O7S. The molecule has 10 nitrogen and oxygen atoms in total. The van der Waals surface area contributed by atoms with Gasteiger partial charge in [0.15, 0.2) is 5.57 Å². The molecule has 2 aromatic rings. The van der Waals surface area contributed by atoms with Gasteiger partial charge in [-0.05, 0) is 36.4 Å². The van der Waals surface area contributed by atoms with Crippen LogP contribution in [0, 0.1) is 0 Å². The number of esters is 2. The third-order valence-corrected chi connectivity index (χ3v) is 7.57. The summed E-state index contributed by atoms with van der Waals surface area (Å²) in [5, 5.41) is 2.80. The molecule has 0 amide bonds. The number of benzene rings is 2. The maximum Gasteiger partial charge on any atom is 0.350 e. The molecule has 0 radical (unpaired) electrons. The van der Waals surface area contributed by atoms with Crippen molar-refractivity contribution in [1.82, 2.24) is 4.31 Å². The lowest BCUT2D eigenvalue weighted by Gasteiger charge is -2.35. The van der Waals surface area contributed by atoms with Crippen LogP contribution >= 0.6 is 0 Å². The molecule has 1 N–H and O–H groups in total. The minimum absolute atomic E-state index is 0.152. The maximum atomic E-state index is 13.1. The summed E-state index contributed by atoms with van der Waals surface area (Å²) in [6.45, 7) is 4.68. The molecular weight excluding hydrogens is 474 g/mol. The molecule has 0 aromatic heterocycles. The Kier molecular flexibility index (Phi) is 6.73. The number of methoxy groups -OCH3 is 1. The Bertz CT molecular complexity index is 1230. The van der Waals surface area contributed by atoms with Crippen molar-refractivity contribution >= 4 is 33.3 Å². The average Bonchev–Trinajstić information content (AvgIpc) is 2.83. The van der Waals surface area contributed by atoms with Crippen LogP contribution in [-0.2, 0) is 29.1 Å². The number of cyclic esters (lactones) is 2. The van der Waals surface area contributed by atoms with Crippen LogP contribution in [0.2, 0.25) is 0 Å². The fraction of sp³-hybridized carbons (Fsp3) is 0.333. The van der Waals surface area contributed by atoms with Crippen LogP contribution in [0.5, 0.6) is 5.75 Å². The summed E-state index contributed by atoms with van der Waals surface area (Å²) in [4.78, 5) is 26.3. The number of para-hydroxylation sites is 2. The molecule has 11 heteroatoms. The van der Waals surface area contributed by atoms with E-state index in [1.54, 1.807) is 19.2 Å². The zero-order valence-electron chi connectivity index (χ0n) is 19.7. The van der Waals surface area contributed by atoms with Gasteiger partial charge in [0.25, 0.3) is 5.79 Å². The number of nitrogens with zero attached hydrogens (tertiary/aromatic N) is 2. The van der Waals surface area contributed by atoms with Gasteiger partial charge in [-0.1, -0.05) is 12.1 Å². The standard InChI is InChI=1S/C24H27N3O7S/c1-24(2)33-22(28)19(23(29)34-24)16-25-17-8-10-18(11-9-17)35(30,31)27-14-12-26(13-15-27)20-6-4-5-7-21(20)32-3/h4-11,16,25H,12-15H2,1-3H3. The molecule has 0 bridgehead atoms. The zero-order valence-corrected chi connectivity index (χ0v) is 20.5. The number of rotatable bonds is 6. The van der Waals surface area contributed by atoms with Gasteiger partial charge >= 0.3 is 11.9 Å². The summed E-state index contributed by atoms with van der Waals surface area (Å²) in [6, 6.07) is 13.7. The van der Waals surface area contributed by atoms with Crippen molar-refractivity contribution in [1.29, 1.82) is 0 Å². The number of carbonyl (C=O) groups is 2. The third kappa shape index (κ3) is 5.25. The zero-order chi connectivity index (χ0) is 25.2. The van der Waals surface area contributed by atoms with Crippen LogP contribution in [-0.4, -0.2) is 63.7 Å². The second-order valence-electron chi connectivity index (χ2n) is 8.47. The molecule has 0 atom stereocenters. The van der Waals surface area contributed by atoms with Crippen molar-refractivity contribution < 1.29 is 32.2 Å². The first-order valence-corrected chi connectivity index (χ1v) is 12.5. The molecule has 2 aliphatic rings. The summed E-state index contributed by atoms with van der Waals surface area (Å²) >= 11 is 0. The van der Waals surface area contributed by atoms with Crippen LogP contribution in [0.4, 0.5) is 11.4 Å². The van der Waals surface area contributed by atoms with Gasteiger partial charge in [0.1, 0.15) is 5.75 Å². The summed E-state index contributed by atoms with van der Waals surface area (Å²) in [6.07, 6.45) is 1.18. The number of sulfonamides is 1. The largest absolute Gasteiger partial charge is 0.495 e. The first kappa shape index (κ1) is 24.6. The van der Waals surface area contributed by atoms with Crippen molar-refractivity contribution in [3.8, 4) is 5.75 Å². The fourth-order valence-electron chi connectivity index (χ4n) is 3.87. The van der Waals surface area contributed by atoms with E-state index >= 15 is 0 Å². The number of nitrogens with one attached hydrogen (secondary N) is 1. The van der Waals surface area contributed by atoms with E-state index in [2.05, 4.69) is 10.2 Å². The van der Waals surface area contributed by atoms with Crippen LogP contribution in [0.15, 0.2) is 65.2 Å². The topological polar surface area (TPSA) is 114 Å². The molecule has 0 unspecified atom stereocenters. The van der Waals surface area contributed by atoms with E-state index in [1.807, 2.05) is 24.3 Å². The van der Waals surface area contributed by atoms with Crippen molar-refractivity contribution in [2.24, 2.45) is 0 Å². The SMILES string of the molecule is COc1ccccc1N1CCN(S(=O)(=O)c2ccc(NC=C3C(=O)OC(C)(C)OC3=O)cc2)CC1. The molecule has 0 aliphatic carbocycles. The summed E-state index contributed by atoms with van der Waals surface area (Å²) in [7, 11) is -2.07. The first-order valence-electron chi connectivity index (χ1n) is 11.0. The number of hydrogen-bond donors (Lipinski definition) is 1. The van der Waals surface area contributed by atoms with Gasteiger partial charge in [0.05, 0.1) is 17.7 Å². The fourth-order valence-corrected chi connectivity index (χ4v) is 5.29. The molecule has 35 heavy (non-hydrogen) atoms. The van der Waals surface area contributed by atoms with Gasteiger partial charge in [-0.3, -0.25) is 0 Å².